The van der Waals surface area contributed by atoms with Crippen LogP contribution in [0, 0.1) is 17.5 Å². The zero-order valence-corrected chi connectivity index (χ0v) is 12.5. The molecule has 0 saturated heterocycles. The maximum atomic E-state index is 13.6. The van der Waals surface area contributed by atoms with Crippen LogP contribution in [0.3, 0.4) is 0 Å². The van der Waals surface area contributed by atoms with E-state index < -0.39 is 46.7 Å². The molecule has 0 aliphatic heterocycles. The Labute approximate surface area is 135 Å². The first-order valence-electron chi connectivity index (χ1n) is 6.80. The molecule has 126 valence electrons. The number of anilines is 2. The number of ether oxygens (including phenoxy) is 1. The summed E-state index contributed by atoms with van der Waals surface area (Å²) in [5.41, 5.74) is 4.12. The minimum absolute atomic E-state index is 0.0948. The van der Waals surface area contributed by atoms with Crippen molar-refractivity contribution in [2.24, 2.45) is 0 Å². The number of rotatable bonds is 4. The van der Waals surface area contributed by atoms with Gasteiger partial charge in [0.05, 0.1) is 16.9 Å². The van der Waals surface area contributed by atoms with Gasteiger partial charge in [0, 0.05) is 6.07 Å². The molecule has 0 saturated carbocycles. The first kappa shape index (κ1) is 17.3. The number of nitrogen functional groups attached to an aromatic ring is 1. The van der Waals surface area contributed by atoms with Crippen molar-refractivity contribution in [2.75, 3.05) is 11.1 Å². The number of nitrogens with one attached hydrogen (secondary N) is 1. The fourth-order valence-electron chi connectivity index (χ4n) is 1.80. The molecule has 0 aliphatic carbocycles. The van der Waals surface area contributed by atoms with E-state index in [4.69, 9.17) is 10.5 Å². The van der Waals surface area contributed by atoms with E-state index in [9.17, 15) is 22.8 Å². The Bertz CT molecular complexity index is 796. The van der Waals surface area contributed by atoms with E-state index in [1.54, 1.807) is 0 Å². The second-order valence-corrected chi connectivity index (χ2v) is 4.87. The van der Waals surface area contributed by atoms with Gasteiger partial charge in [0.1, 0.15) is 17.5 Å². The predicted molar refractivity (Wildman–Crippen MR) is 80.7 cm³/mol. The molecular weight excluding hydrogens is 325 g/mol. The number of amides is 1. The SMILES string of the molecule is C[C@H](OC(=O)c1cc(N)c(F)cc1F)C(=O)Nc1ccccc1F. The largest absolute Gasteiger partial charge is 0.449 e. The fourth-order valence-corrected chi connectivity index (χ4v) is 1.80. The number of carbonyl (C=O) groups excluding carboxylic acids is 2. The monoisotopic (exact) mass is 338 g/mol. The summed E-state index contributed by atoms with van der Waals surface area (Å²) in [6.07, 6.45) is -1.34. The molecular formula is C16H13F3N2O3. The van der Waals surface area contributed by atoms with Crippen molar-refractivity contribution in [1.82, 2.24) is 0 Å². The number of hydrogen-bond acceptors (Lipinski definition) is 4. The highest BCUT2D eigenvalue weighted by atomic mass is 19.1. The lowest BCUT2D eigenvalue weighted by Gasteiger charge is -2.14. The molecule has 8 heteroatoms. The Morgan fingerprint density at radius 1 is 1.08 bits per heavy atom. The minimum Gasteiger partial charge on any atom is -0.449 e. The molecule has 0 fully saturated rings. The van der Waals surface area contributed by atoms with Crippen LogP contribution in [0.25, 0.3) is 0 Å². The van der Waals surface area contributed by atoms with E-state index in [0.29, 0.717) is 6.07 Å². The van der Waals surface area contributed by atoms with Gasteiger partial charge in [-0.15, -0.1) is 0 Å². The molecule has 0 spiro atoms. The zero-order valence-electron chi connectivity index (χ0n) is 12.5. The summed E-state index contributed by atoms with van der Waals surface area (Å²) >= 11 is 0. The van der Waals surface area contributed by atoms with Crippen molar-refractivity contribution in [1.29, 1.82) is 0 Å². The molecule has 2 aromatic carbocycles. The number of halogens is 3. The van der Waals surface area contributed by atoms with E-state index >= 15 is 0 Å². The first-order chi connectivity index (χ1) is 11.3. The summed E-state index contributed by atoms with van der Waals surface area (Å²) in [5, 5.41) is 2.23. The van der Waals surface area contributed by atoms with E-state index in [-0.39, 0.29) is 5.69 Å². The Balaban J connectivity index is 2.07. The average molecular weight is 338 g/mol. The van der Waals surface area contributed by atoms with Crippen molar-refractivity contribution in [3.8, 4) is 0 Å². The van der Waals surface area contributed by atoms with Crippen LogP contribution in [-0.2, 0) is 9.53 Å². The van der Waals surface area contributed by atoms with Gasteiger partial charge < -0.3 is 15.8 Å². The van der Waals surface area contributed by atoms with Crippen LogP contribution in [0.5, 0.6) is 0 Å². The van der Waals surface area contributed by atoms with Crippen molar-refractivity contribution < 1.29 is 27.5 Å². The fraction of sp³-hybridized carbons (Fsp3) is 0.125. The van der Waals surface area contributed by atoms with E-state index in [0.717, 1.165) is 12.1 Å². The Morgan fingerprint density at radius 3 is 2.42 bits per heavy atom. The number of carbonyl (C=O) groups is 2. The second-order valence-electron chi connectivity index (χ2n) is 4.87. The van der Waals surface area contributed by atoms with Crippen LogP contribution in [0.15, 0.2) is 36.4 Å². The normalized spacial score (nSPS) is 11.7. The van der Waals surface area contributed by atoms with Crippen LogP contribution < -0.4 is 11.1 Å². The molecule has 0 aromatic heterocycles. The quantitative estimate of drug-likeness (QED) is 0.663. The van der Waals surface area contributed by atoms with Gasteiger partial charge in [0.2, 0.25) is 0 Å². The van der Waals surface area contributed by atoms with Gasteiger partial charge >= 0.3 is 5.97 Å². The highest BCUT2D eigenvalue weighted by Crippen LogP contribution is 2.18. The van der Waals surface area contributed by atoms with Crippen molar-refractivity contribution in [3.63, 3.8) is 0 Å². The summed E-state index contributed by atoms with van der Waals surface area (Å²) in [6, 6.07) is 6.62. The lowest BCUT2D eigenvalue weighted by molar-refractivity contribution is -0.123. The number of nitrogens with two attached hydrogens (primary N) is 1. The topological polar surface area (TPSA) is 81.4 Å². The minimum atomic E-state index is -1.34. The molecule has 3 N–H and O–H groups in total. The molecule has 0 radical (unpaired) electrons. The van der Waals surface area contributed by atoms with Gasteiger partial charge in [0.25, 0.3) is 5.91 Å². The Morgan fingerprint density at radius 2 is 1.75 bits per heavy atom. The molecule has 1 atom stereocenters. The zero-order chi connectivity index (χ0) is 17.9. The third kappa shape index (κ3) is 3.83. The Hall–Kier alpha value is -3.03. The molecule has 0 unspecified atom stereocenters. The molecule has 0 bridgehead atoms. The number of esters is 1. The average Bonchev–Trinajstić information content (AvgIpc) is 2.52. The molecule has 2 aromatic rings. The summed E-state index contributed by atoms with van der Waals surface area (Å²) in [4.78, 5) is 23.8. The lowest BCUT2D eigenvalue weighted by atomic mass is 10.2. The predicted octanol–water partition coefficient (Wildman–Crippen LogP) is 2.87. The van der Waals surface area contributed by atoms with Gasteiger partial charge in [-0.25, -0.2) is 18.0 Å². The van der Waals surface area contributed by atoms with Gasteiger partial charge in [-0.05, 0) is 25.1 Å². The number of para-hydroxylation sites is 1. The van der Waals surface area contributed by atoms with Crippen LogP contribution in [0.1, 0.15) is 17.3 Å². The maximum absolute atomic E-state index is 13.6. The van der Waals surface area contributed by atoms with Crippen molar-refractivity contribution >= 4 is 23.3 Å². The first-order valence-corrected chi connectivity index (χ1v) is 6.80. The van der Waals surface area contributed by atoms with Gasteiger partial charge in [-0.2, -0.15) is 0 Å². The third-order valence-corrected chi connectivity index (χ3v) is 3.09. The third-order valence-electron chi connectivity index (χ3n) is 3.09. The highest BCUT2D eigenvalue weighted by molar-refractivity contribution is 5.97. The van der Waals surface area contributed by atoms with Crippen LogP contribution in [0.2, 0.25) is 0 Å². The molecule has 24 heavy (non-hydrogen) atoms. The number of hydrogen-bond donors (Lipinski definition) is 2. The molecule has 1 amide bonds. The molecule has 2 rings (SSSR count). The number of benzene rings is 2. The molecule has 0 aliphatic rings. The van der Waals surface area contributed by atoms with E-state index in [1.807, 2.05) is 0 Å². The molecule has 5 nitrogen and oxygen atoms in total. The Kier molecular flexibility index (Phi) is 5.08. The van der Waals surface area contributed by atoms with Gasteiger partial charge in [-0.1, -0.05) is 12.1 Å². The summed E-state index contributed by atoms with van der Waals surface area (Å²) in [5.74, 6) is -4.87. The van der Waals surface area contributed by atoms with E-state index in [2.05, 4.69) is 5.32 Å². The standard InChI is InChI=1S/C16H13F3N2O3/c1-8(15(22)21-14-5-3-2-4-10(14)17)24-16(23)9-6-13(20)12(19)7-11(9)18/h2-8H,20H2,1H3,(H,21,22)/t8-/m0/s1. The smallest absolute Gasteiger partial charge is 0.341 e. The lowest BCUT2D eigenvalue weighted by Crippen LogP contribution is -2.30. The van der Waals surface area contributed by atoms with Crippen molar-refractivity contribution in [3.05, 3.63) is 59.4 Å². The molecule has 0 heterocycles. The van der Waals surface area contributed by atoms with Crippen LogP contribution >= 0.6 is 0 Å². The van der Waals surface area contributed by atoms with Gasteiger partial charge in [0.15, 0.2) is 6.10 Å². The van der Waals surface area contributed by atoms with Crippen LogP contribution in [0.4, 0.5) is 24.5 Å². The second kappa shape index (κ2) is 7.03. The summed E-state index contributed by atoms with van der Waals surface area (Å²) in [7, 11) is 0. The summed E-state index contributed by atoms with van der Waals surface area (Å²) < 4.78 is 44.9. The van der Waals surface area contributed by atoms with E-state index in [1.165, 1.54) is 25.1 Å². The van der Waals surface area contributed by atoms with Crippen molar-refractivity contribution in [2.45, 2.75) is 13.0 Å². The maximum Gasteiger partial charge on any atom is 0.341 e. The van der Waals surface area contributed by atoms with Gasteiger partial charge in [-0.3, -0.25) is 4.79 Å². The van der Waals surface area contributed by atoms with Crippen LogP contribution in [-0.4, -0.2) is 18.0 Å². The summed E-state index contributed by atoms with van der Waals surface area (Å²) in [6.45, 7) is 1.22. The highest BCUT2D eigenvalue weighted by Gasteiger charge is 2.23.